The highest BCUT2D eigenvalue weighted by Gasteiger charge is 2.38. The van der Waals surface area contributed by atoms with Gasteiger partial charge in [-0.15, -0.1) is 0 Å². The van der Waals surface area contributed by atoms with Gasteiger partial charge in [0.2, 0.25) is 5.91 Å². The van der Waals surface area contributed by atoms with E-state index >= 15 is 0 Å². The summed E-state index contributed by atoms with van der Waals surface area (Å²) in [6.45, 7) is 6.03. The topological polar surface area (TPSA) is 46.6 Å². The molecule has 1 aliphatic heterocycles. The molecule has 0 bridgehead atoms. The third-order valence-electron chi connectivity index (χ3n) is 2.25. The van der Waals surface area contributed by atoms with Gasteiger partial charge in [0.25, 0.3) is 0 Å². The summed E-state index contributed by atoms with van der Waals surface area (Å²) in [4.78, 5) is 23.8. The molecule has 0 aliphatic carbocycles. The van der Waals surface area contributed by atoms with E-state index in [1.54, 1.807) is 6.92 Å². The van der Waals surface area contributed by atoms with Gasteiger partial charge in [-0.1, -0.05) is 20.8 Å². The number of carbonyl (C=O) groups excluding carboxylic acids is 2. The molecule has 2 amide bonds. The molecular weight excluding hydrogens is 170 g/mol. The number of amides is 2. The first-order chi connectivity index (χ1) is 6.07. The third-order valence-corrected chi connectivity index (χ3v) is 2.25. The minimum atomic E-state index is -0.495. The van der Waals surface area contributed by atoms with Crippen molar-refractivity contribution in [3.63, 3.8) is 0 Å². The maximum Gasteiger partial charge on any atom is 0.416 e. The van der Waals surface area contributed by atoms with E-state index in [4.69, 9.17) is 4.74 Å². The van der Waals surface area contributed by atoms with Gasteiger partial charge < -0.3 is 4.74 Å². The van der Waals surface area contributed by atoms with Crippen molar-refractivity contribution in [3.8, 4) is 0 Å². The molecule has 1 heterocycles. The minimum absolute atomic E-state index is 0.0834. The van der Waals surface area contributed by atoms with Gasteiger partial charge in [0, 0.05) is 6.42 Å². The molecule has 0 unspecified atom stereocenters. The molecule has 1 saturated heterocycles. The number of rotatable bonds is 2. The SMILES string of the molecule is CCC(=O)N1C(=O)OC[C@H]1C(C)C. The Hall–Kier alpha value is -1.06. The Morgan fingerprint density at radius 2 is 2.31 bits per heavy atom. The van der Waals surface area contributed by atoms with Crippen molar-refractivity contribution < 1.29 is 14.3 Å². The number of ether oxygens (including phenoxy) is 1. The van der Waals surface area contributed by atoms with Crippen molar-refractivity contribution in [2.24, 2.45) is 5.92 Å². The van der Waals surface area contributed by atoms with Crippen LogP contribution in [0.4, 0.5) is 4.79 Å². The smallest absolute Gasteiger partial charge is 0.416 e. The quantitative estimate of drug-likeness (QED) is 0.653. The molecule has 13 heavy (non-hydrogen) atoms. The van der Waals surface area contributed by atoms with Crippen molar-refractivity contribution in [3.05, 3.63) is 0 Å². The summed E-state index contributed by atoms with van der Waals surface area (Å²) >= 11 is 0. The predicted octanol–water partition coefficient (Wildman–Crippen LogP) is 1.40. The Morgan fingerprint density at radius 3 is 2.77 bits per heavy atom. The molecule has 0 aromatic rings. The predicted molar refractivity (Wildman–Crippen MR) is 47.1 cm³/mol. The summed E-state index contributed by atoms with van der Waals surface area (Å²) in [6, 6.07) is -0.0834. The van der Waals surface area contributed by atoms with Gasteiger partial charge in [0.1, 0.15) is 6.61 Å². The lowest BCUT2D eigenvalue weighted by atomic mass is 10.0. The molecule has 0 N–H and O–H groups in total. The molecule has 0 spiro atoms. The molecule has 0 aromatic heterocycles. The Kier molecular flexibility index (Phi) is 2.90. The second-order valence-corrected chi connectivity index (χ2v) is 3.51. The molecule has 1 rings (SSSR count). The monoisotopic (exact) mass is 185 g/mol. The lowest BCUT2D eigenvalue weighted by Gasteiger charge is -2.21. The van der Waals surface area contributed by atoms with Crippen LogP contribution in [-0.2, 0) is 9.53 Å². The summed E-state index contributed by atoms with van der Waals surface area (Å²) in [5.74, 6) is 0.100. The van der Waals surface area contributed by atoms with Crippen LogP contribution in [0.25, 0.3) is 0 Å². The molecule has 1 aliphatic rings. The number of hydrogen-bond donors (Lipinski definition) is 0. The van der Waals surface area contributed by atoms with E-state index in [2.05, 4.69) is 0 Å². The lowest BCUT2D eigenvalue weighted by molar-refractivity contribution is -0.129. The van der Waals surface area contributed by atoms with E-state index in [-0.39, 0.29) is 17.9 Å². The second-order valence-electron chi connectivity index (χ2n) is 3.51. The molecule has 0 aromatic carbocycles. The Balaban J connectivity index is 2.77. The maximum absolute atomic E-state index is 11.4. The van der Waals surface area contributed by atoms with Crippen LogP contribution in [0.3, 0.4) is 0 Å². The summed E-state index contributed by atoms with van der Waals surface area (Å²) in [7, 11) is 0. The highest BCUT2D eigenvalue weighted by atomic mass is 16.6. The number of cyclic esters (lactones) is 1. The molecule has 4 heteroatoms. The van der Waals surface area contributed by atoms with E-state index < -0.39 is 6.09 Å². The van der Waals surface area contributed by atoms with Crippen LogP contribution in [0.2, 0.25) is 0 Å². The lowest BCUT2D eigenvalue weighted by Crippen LogP contribution is -2.41. The van der Waals surface area contributed by atoms with E-state index in [9.17, 15) is 9.59 Å². The van der Waals surface area contributed by atoms with Crippen LogP contribution in [0, 0.1) is 5.92 Å². The first-order valence-corrected chi connectivity index (χ1v) is 4.56. The van der Waals surface area contributed by atoms with E-state index in [0.717, 1.165) is 0 Å². The maximum atomic E-state index is 11.4. The van der Waals surface area contributed by atoms with E-state index in [1.165, 1.54) is 4.90 Å². The summed E-state index contributed by atoms with van der Waals surface area (Å²) < 4.78 is 4.83. The fourth-order valence-electron chi connectivity index (χ4n) is 1.38. The van der Waals surface area contributed by atoms with Gasteiger partial charge >= 0.3 is 6.09 Å². The van der Waals surface area contributed by atoms with Crippen molar-refractivity contribution in [1.82, 2.24) is 4.90 Å². The van der Waals surface area contributed by atoms with Gasteiger partial charge in [-0.25, -0.2) is 9.69 Å². The molecule has 1 fully saturated rings. The highest BCUT2D eigenvalue weighted by Crippen LogP contribution is 2.20. The van der Waals surface area contributed by atoms with E-state index in [0.29, 0.717) is 13.0 Å². The molecule has 74 valence electrons. The first kappa shape index (κ1) is 10.0. The van der Waals surface area contributed by atoms with E-state index in [1.807, 2.05) is 13.8 Å². The van der Waals surface area contributed by atoms with Crippen molar-refractivity contribution in [2.45, 2.75) is 33.2 Å². The van der Waals surface area contributed by atoms with Crippen LogP contribution in [-0.4, -0.2) is 29.5 Å². The van der Waals surface area contributed by atoms with Gasteiger partial charge in [-0.3, -0.25) is 4.79 Å². The largest absolute Gasteiger partial charge is 0.447 e. The van der Waals surface area contributed by atoms with Gasteiger partial charge in [-0.2, -0.15) is 0 Å². The molecule has 4 nitrogen and oxygen atoms in total. The van der Waals surface area contributed by atoms with Gasteiger partial charge in [0.05, 0.1) is 6.04 Å². The summed E-state index contributed by atoms with van der Waals surface area (Å²) in [5.41, 5.74) is 0. The summed E-state index contributed by atoms with van der Waals surface area (Å²) in [6.07, 6.45) is -0.149. The normalized spacial score (nSPS) is 22.3. The van der Waals surface area contributed by atoms with Crippen LogP contribution in [0.15, 0.2) is 0 Å². The zero-order chi connectivity index (χ0) is 10.0. The fourth-order valence-corrected chi connectivity index (χ4v) is 1.38. The van der Waals surface area contributed by atoms with Crippen LogP contribution in [0.1, 0.15) is 27.2 Å². The second kappa shape index (κ2) is 3.77. The third kappa shape index (κ3) is 1.82. The van der Waals surface area contributed by atoms with Crippen LogP contribution >= 0.6 is 0 Å². The average molecular weight is 185 g/mol. The van der Waals surface area contributed by atoms with Crippen LogP contribution < -0.4 is 0 Å². The van der Waals surface area contributed by atoms with Gasteiger partial charge in [0.15, 0.2) is 0 Å². The Labute approximate surface area is 77.8 Å². The van der Waals surface area contributed by atoms with Crippen molar-refractivity contribution in [1.29, 1.82) is 0 Å². The number of nitrogens with zero attached hydrogens (tertiary/aromatic N) is 1. The highest BCUT2D eigenvalue weighted by molar-refractivity contribution is 5.93. The Bertz CT molecular complexity index is 225. The molecular formula is C9H15NO3. The molecule has 1 atom stereocenters. The molecule has 0 radical (unpaired) electrons. The van der Waals surface area contributed by atoms with Crippen molar-refractivity contribution >= 4 is 12.0 Å². The van der Waals surface area contributed by atoms with Gasteiger partial charge in [-0.05, 0) is 5.92 Å². The first-order valence-electron chi connectivity index (χ1n) is 4.56. The summed E-state index contributed by atoms with van der Waals surface area (Å²) in [5, 5.41) is 0. The Morgan fingerprint density at radius 1 is 1.69 bits per heavy atom. The zero-order valence-corrected chi connectivity index (χ0v) is 8.24. The average Bonchev–Trinajstić information content (AvgIpc) is 2.46. The minimum Gasteiger partial charge on any atom is -0.447 e. The zero-order valence-electron chi connectivity index (χ0n) is 8.24. The number of hydrogen-bond acceptors (Lipinski definition) is 3. The van der Waals surface area contributed by atoms with Crippen molar-refractivity contribution in [2.75, 3.05) is 6.61 Å². The molecule has 0 saturated carbocycles. The fraction of sp³-hybridized carbons (Fsp3) is 0.778. The number of carbonyl (C=O) groups is 2. The van der Waals surface area contributed by atoms with Crippen LogP contribution in [0.5, 0.6) is 0 Å². The number of imide groups is 1. The standard InChI is InChI=1S/C9H15NO3/c1-4-8(11)10-7(6(2)3)5-13-9(10)12/h6-7H,4-5H2,1-3H3/t7-/m0/s1.